The predicted molar refractivity (Wildman–Crippen MR) is 107 cm³/mol. The van der Waals surface area contributed by atoms with Gasteiger partial charge in [-0.05, 0) is 55.8 Å². The number of carbonyl (C=O) groups excluding carboxylic acids is 1. The number of benzene rings is 2. The molecule has 5 nitrogen and oxygen atoms in total. The van der Waals surface area contributed by atoms with E-state index in [1.165, 1.54) is 17.8 Å². The van der Waals surface area contributed by atoms with E-state index in [0.29, 0.717) is 27.3 Å². The summed E-state index contributed by atoms with van der Waals surface area (Å²) in [5.41, 5.74) is 1.84. The lowest BCUT2D eigenvalue weighted by Crippen LogP contribution is -2.23. The van der Waals surface area contributed by atoms with Crippen LogP contribution in [0.15, 0.2) is 47.6 Å². The Kier molecular flexibility index (Phi) is 5.82. The van der Waals surface area contributed by atoms with Crippen LogP contribution in [0.3, 0.4) is 0 Å². The average molecular weight is 405 g/mol. The molecule has 0 fully saturated rings. The summed E-state index contributed by atoms with van der Waals surface area (Å²) in [5.74, 6) is 0.0932. The third kappa shape index (κ3) is 4.48. The number of rotatable bonds is 5. The number of thioether (sulfide) groups is 1. The van der Waals surface area contributed by atoms with E-state index >= 15 is 0 Å². The van der Waals surface area contributed by atoms with E-state index in [4.69, 9.17) is 11.6 Å². The maximum absolute atomic E-state index is 13.6. The van der Waals surface area contributed by atoms with Crippen LogP contribution in [0.5, 0.6) is 0 Å². The standard InChI is InChI=1S/C19H18ClFN4OS/c1-11-4-9-15(10-16(11)21)22-18(26)12(2)27-19-24-23-17(25(19)3)13-5-7-14(20)8-6-13/h4-10,12H,1-3H3,(H,22,26)/t12-/m1/s1. The molecule has 0 saturated heterocycles. The van der Waals surface area contributed by atoms with Crippen LogP contribution in [0, 0.1) is 12.7 Å². The van der Waals surface area contributed by atoms with Crippen LogP contribution >= 0.6 is 23.4 Å². The lowest BCUT2D eigenvalue weighted by atomic mass is 10.2. The molecule has 1 heterocycles. The lowest BCUT2D eigenvalue weighted by Gasteiger charge is -2.12. The lowest BCUT2D eigenvalue weighted by molar-refractivity contribution is -0.115. The van der Waals surface area contributed by atoms with Crippen molar-refractivity contribution in [3.63, 3.8) is 0 Å². The summed E-state index contributed by atoms with van der Waals surface area (Å²) in [4.78, 5) is 12.4. The Morgan fingerprint density at radius 3 is 2.59 bits per heavy atom. The minimum absolute atomic E-state index is 0.237. The number of hydrogen-bond acceptors (Lipinski definition) is 4. The second-order valence-corrected chi connectivity index (χ2v) is 7.83. The third-order valence-corrected chi connectivity index (χ3v) is 5.41. The van der Waals surface area contributed by atoms with Gasteiger partial charge in [0.05, 0.1) is 5.25 Å². The second-order valence-electron chi connectivity index (χ2n) is 6.09. The van der Waals surface area contributed by atoms with Gasteiger partial charge >= 0.3 is 0 Å². The predicted octanol–water partition coefficient (Wildman–Crippen LogP) is 4.70. The van der Waals surface area contributed by atoms with Gasteiger partial charge in [0, 0.05) is 23.3 Å². The van der Waals surface area contributed by atoms with Crippen molar-refractivity contribution < 1.29 is 9.18 Å². The van der Waals surface area contributed by atoms with Crippen LogP contribution < -0.4 is 5.32 Å². The fourth-order valence-corrected chi connectivity index (χ4v) is 3.33. The van der Waals surface area contributed by atoms with Crippen molar-refractivity contribution in [2.24, 2.45) is 7.05 Å². The van der Waals surface area contributed by atoms with Crippen molar-refractivity contribution in [2.75, 3.05) is 5.32 Å². The molecule has 8 heteroatoms. The maximum Gasteiger partial charge on any atom is 0.237 e. The minimum Gasteiger partial charge on any atom is -0.325 e. The van der Waals surface area contributed by atoms with E-state index in [1.807, 2.05) is 23.7 Å². The number of nitrogens with zero attached hydrogens (tertiary/aromatic N) is 3. The van der Waals surface area contributed by atoms with Crippen LogP contribution in [0.25, 0.3) is 11.4 Å². The monoisotopic (exact) mass is 404 g/mol. The normalized spacial score (nSPS) is 12.0. The summed E-state index contributed by atoms with van der Waals surface area (Å²) in [6.45, 7) is 3.44. The topological polar surface area (TPSA) is 59.8 Å². The van der Waals surface area contributed by atoms with Gasteiger partial charge in [-0.25, -0.2) is 4.39 Å². The van der Waals surface area contributed by atoms with Crippen molar-refractivity contribution in [1.82, 2.24) is 14.8 Å². The molecule has 0 aliphatic rings. The molecule has 0 spiro atoms. The Labute approximate surface area is 166 Å². The quantitative estimate of drug-likeness (QED) is 0.626. The van der Waals surface area contributed by atoms with Gasteiger partial charge < -0.3 is 9.88 Å². The zero-order chi connectivity index (χ0) is 19.6. The highest BCUT2D eigenvalue weighted by molar-refractivity contribution is 8.00. The summed E-state index contributed by atoms with van der Waals surface area (Å²) in [6.07, 6.45) is 0. The van der Waals surface area contributed by atoms with Gasteiger partial charge in [0.1, 0.15) is 5.82 Å². The van der Waals surface area contributed by atoms with Crippen molar-refractivity contribution in [3.8, 4) is 11.4 Å². The van der Waals surface area contributed by atoms with Gasteiger partial charge in [-0.2, -0.15) is 0 Å². The molecule has 0 aliphatic carbocycles. The Hall–Kier alpha value is -2.38. The Bertz CT molecular complexity index is 974. The van der Waals surface area contributed by atoms with Crippen molar-refractivity contribution in [1.29, 1.82) is 0 Å². The molecular formula is C19H18ClFN4OS. The SMILES string of the molecule is Cc1ccc(NC(=O)[C@@H](C)Sc2nnc(-c3ccc(Cl)cc3)n2C)cc1F. The highest BCUT2D eigenvalue weighted by Crippen LogP contribution is 2.27. The van der Waals surface area contributed by atoms with E-state index in [9.17, 15) is 9.18 Å². The molecule has 1 aromatic heterocycles. The summed E-state index contributed by atoms with van der Waals surface area (Å²) >= 11 is 7.20. The molecule has 1 amide bonds. The highest BCUT2D eigenvalue weighted by atomic mass is 35.5. The zero-order valence-electron chi connectivity index (χ0n) is 15.0. The van der Waals surface area contributed by atoms with Crippen molar-refractivity contribution in [2.45, 2.75) is 24.3 Å². The summed E-state index contributed by atoms with van der Waals surface area (Å²) in [6, 6.07) is 11.9. The molecule has 0 radical (unpaired) electrons. The van der Waals surface area contributed by atoms with Crippen LogP contribution in [-0.4, -0.2) is 25.9 Å². The molecule has 3 aromatic rings. The molecule has 27 heavy (non-hydrogen) atoms. The molecule has 0 bridgehead atoms. The van der Waals surface area contributed by atoms with Gasteiger partial charge in [-0.1, -0.05) is 29.4 Å². The number of hydrogen-bond donors (Lipinski definition) is 1. The maximum atomic E-state index is 13.6. The molecule has 2 aromatic carbocycles. The molecule has 140 valence electrons. The molecule has 3 rings (SSSR count). The van der Waals surface area contributed by atoms with Gasteiger partial charge in [0.25, 0.3) is 0 Å². The molecule has 1 N–H and O–H groups in total. The largest absolute Gasteiger partial charge is 0.325 e. The van der Waals surface area contributed by atoms with Gasteiger partial charge in [0.2, 0.25) is 5.91 Å². The Morgan fingerprint density at radius 2 is 1.93 bits per heavy atom. The average Bonchev–Trinajstić information content (AvgIpc) is 2.99. The van der Waals surface area contributed by atoms with Crippen LogP contribution in [0.2, 0.25) is 5.02 Å². The van der Waals surface area contributed by atoms with Crippen molar-refractivity contribution in [3.05, 3.63) is 58.9 Å². The van der Waals surface area contributed by atoms with E-state index in [0.717, 1.165) is 5.56 Å². The van der Waals surface area contributed by atoms with Crippen LogP contribution in [0.1, 0.15) is 12.5 Å². The highest BCUT2D eigenvalue weighted by Gasteiger charge is 2.19. The van der Waals surface area contributed by atoms with Crippen LogP contribution in [-0.2, 0) is 11.8 Å². The first-order valence-electron chi connectivity index (χ1n) is 8.24. The van der Waals surface area contributed by atoms with E-state index < -0.39 is 5.25 Å². The fraction of sp³-hybridized carbons (Fsp3) is 0.211. The smallest absolute Gasteiger partial charge is 0.237 e. The first kappa shape index (κ1) is 19.4. The number of amides is 1. The molecule has 0 unspecified atom stereocenters. The number of aryl methyl sites for hydroxylation is 1. The Morgan fingerprint density at radius 1 is 1.22 bits per heavy atom. The van der Waals surface area contributed by atoms with E-state index in [2.05, 4.69) is 15.5 Å². The number of aromatic nitrogens is 3. The second kappa shape index (κ2) is 8.10. The van der Waals surface area contributed by atoms with E-state index in [-0.39, 0.29) is 11.7 Å². The third-order valence-electron chi connectivity index (χ3n) is 4.03. The number of carbonyl (C=O) groups is 1. The molecule has 1 atom stereocenters. The first-order chi connectivity index (χ1) is 12.8. The fourth-order valence-electron chi connectivity index (χ4n) is 2.39. The number of nitrogens with one attached hydrogen (secondary N) is 1. The summed E-state index contributed by atoms with van der Waals surface area (Å²) < 4.78 is 15.5. The minimum atomic E-state index is -0.435. The molecule has 0 saturated carbocycles. The van der Waals surface area contributed by atoms with Crippen molar-refractivity contribution >= 4 is 35.0 Å². The zero-order valence-corrected chi connectivity index (χ0v) is 16.6. The van der Waals surface area contributed by atoms with Gasteiger partial charge in [-0.15, -0.1) is 10.2 Å². The number of halogens is 2. The number of anilines is 1. The molecule has 0 aliphatic heterocycles. The van der Waals surface area contributed by atoms with Gasteiger partial charge in [-0.3, -0.25) is 4.79 Å². The summed E-state index contributed by atoms with van der Waals surface area (Å²) in [5, 5.41) is 11.9. The van der Waals surface area contributed by atoms with Gasteiger partial charge in [0.15, 0.2) is 11.0 Å². The molecular weight excluding hydrogens is 387 g/mol. The Balaban J connectivity index is 1.70. The van der Waals surface area contributed by atoms with E-state index in [1.54, 1.807) is 38.1 Å². The summed E-state index contributed by atoms with van der Waals surface area (Å²) in [7, 11) is 1.84. The van der Waals surface area contributed by atoms with Crippen LogP contribution in [0.4, 0.5) is 10.1 Å². The first-order valence-corrected chi connectivity index (χ1v) is 9.50.